The van der Waals surface area contributed by atoms with E-state index >= 15 is 0 Å². The lowest BCUT2D eigenvalue weighted by Crippen LogP contribution is -2.15. The van der Waals surface area contributed by atoms with Crippen LogP contribution in [0.5, 0.6) is 0 Å². The fourth-order valence-corrected chi connectivity index (χ4v) is 2.20. The van der Waals surface area contributed by atoms with E-state index in [-0.39, 0.29) is 6.10 Å². The summed E-state index contributed by atoms with van der Waals surface area (Å²) in [7, 11) is 0. The fourth-order valence-electron chi connectivity index (χ4n) is 2.20. The number of halogens is 1. The highest BCUT2D eigenvalue weighted by Gasteiger charge is 2.21. The van der Waals surface area contributed by atoms with Crippen LogP contribution in [0.1, 0.15) is 24.6 Å². The molecule has 3 rings (SSSR count). The van der Waals surface area contributed by atoms with Crippen molar-refractivity contribution in [3.05, 3.63) is 40.2 Å². The van der Waals surface area contributed by atoms with Crippen LogP contribution in [0.4, 0.5) is 4.39 Å². The first-order chi connectivity index (χ1) is 8.24. The van der Waals surface area contributed by atoms with Gasteiger partial charge in [-0.3, -0.25) is 0 Å². The summed E-state index contributed by atoms with van der Waals surface area (Å²) >= 11 is 0. The van der Waals surface area contributed by atoms with Crippen molar-refractivity contribution in [3.63, 3.8) is 0 Å². The average molecular weight is 234 g/mol. The van der Waals surface area contributed by atoms with Gasteiger partial charge in [0.15, 0.2) is 0 Å². The highest BCUT2D eigenvalue weighted by atomic mass is 19.1. The molecule has 2 aromatic rings. The van der Waals surface area contributed by atoms with E-state index in [2.05, 4.69) is 9.97 Å². The maximum atomic E-state index is 13.1. The smallest absolute Gasteiger partial charge is 0.345 e. The van der Waals surface area contributed by atoms with Crippen LogP contribution in [0.25, 0.3) is 10.9 Å². The minimum atomic E-state index is -0.464. The summed E-state index contributed by atoms with van der Waals surface area (Å²) in [5, 5.41) is 0.748. The van der Waals surface area contributed by atoms with Crippen LogP contribution in [-0.4, -0.2) is 16.6 Å². The summed E-state index contributed by atoms with van der Waals surface area (Å²) in [5.74, 6) is -0.395. The third kappa shape index (κ3) is 1.82. The molecule has 0 amide bonds. The van der Waals surface area contributed by atoms with Crippen LogP contribution >= 0.6 is 0 Å². The first-order valence-corrected chi connectivity index (χ1v) is 5.55. The molecule has 1 aromatic carbocycles. The molecule has 0 saturated carbocycles. The molecule has 1 fully saturated rings. The molecule has 0 radical (unpaired) electrons. The Balaban J connectivity index is 2.25. The van der Waals surface area contributed by atoms with Gasteiger partial charge in [-0.25, -0.2) is 9.18 Å². The lowest BCUT2D eigenvalue weighted by molar-refractivity contribution is 0.109. The zero-order chi connectivity index (χ0) is 11.8. The number of aromatic nitrogens is 2. The molecule has 1 aliphatic rings. The Morgan fingerprint density at radius 1 is 1.47 bits per heavy atom. The second kappa shape index (κ2) is 3.92. The SMILES string of the molecule is O=c1nc2cc(F)ccc2c(C2CCCO2)[nH]1. The van der Waals surface area contributed by atoms with Gasteiger partial charge in [0, 0.05) is 18.1 Å². The maximum absolute atomic E-state index is 13.1. The molecule has 1 unspecified atom stereocenters. The largest absolute Gasteiger partial charge is 0.372 e. The summed E-state index contributed by atoms with van der Waals surface area (Å²) in [4.78, 5) is 17.9. The number of hydrogen-bond donors (Lipinski definition) is 1. The monoisotopic (exact) mass is 234 g/mol. The van der Waals surface area contributed by atoms with Crippen LogP contribution < -0.4 is 5.69 Å². The van der Waals surface area contributed by atoms with Gasteiger partial charge in [-0.05, 0) is 25.0 Å². The van der Waals surface area contributed by atoms with E-state index in [1.54, 1.807) is 6.07 Å². The molecular weight excluding hydrogens is 223 g/mol. The van der Waals surface area contributed by atoms with Crippen molar-refractivity contribution in [1.82, 2.24) is 9.97 Å². The van der Waals surface area contributed by atoms with Crippen LogP contribution in [-0.2, 0) is 4.74 Å². The van der Waals surface area contributed by atoms with Gasteiger partial charge >= 0.3 is 5.69 Å². The molecule has 2 heterocycles. The van der Waals surface area contributed by atoms with Crippen molar-refractivity contribution in [1.29, 1.82) is 0 Å². The van der Waals surface area contributed by atoms with Crippen molar-refractivity contribution >= 4 is 10.9 Å². The summed E-state index contributed by atoms with van der Waals surface area (Å²) in [6.45, 7) is 0.692. The van der Waals surface area contributed by atoms with Crippen molar-refractivity contribution in [2.24, 2.45) is 0 Å². The fraction of sp³-hybridized carbons (Fsp3) is 0.333. The van der Waals surface area contributed by atoms with Gasteiger partial charge in [-0.15, -0.1) is 0 Å². The summed E-state index contributed by atoms with van der Waals surface area (Å²) in [6, 6.07) is 4.26. The maximum Gasteiger partial charge on any atom is 0.345 e. The second-order valence-electron chi connectivity index (χ2n) is 4.12. The number of ether oxygens (including phenoxy) is 1. The number of fused-ring (bicyclic) bond motifs is 1. The Hall–Kier alpha value is -1.75. The van der Waals surface area contributed by atoms with Crippen molar-refractivity contribution < 1.29 is 9.13 Å². The molecule has 1 aliphatic heterocycles. The lowest BCUT2D eigenvalue weighted by Gasteiger charge is -2.11. The predicted molar refractivity (Wildman–Crippen MR) is 60.2 cm³/mol. The number of rotatable bonds is 1. The van der Waals surface area contributed by atoms with Crippen molar-refractivity contribution in [3.8, 4) is 0 Å². The normalized spacial score (nSPS) is 19.9. The number of H-pyrrole nitrogens is 1. The molecule has 0 aliphatic carbocycles. The molecule has 1 atom stereocenters. The third-order valence-electron chi connectivity index (χ3n) is 2.97. The minimum absolute atomic E-state index is 0.112. The number of hydrogen-bond acceptors (Lipinski definition) is 3. The molecular formula is C12H11FN2O2. The summed E-state index contributed by atoms with van der Waals surface area (Å²) in [5.41, 5.74) is 0.616. The zero-order valence-electron chi connectivity index (χ0n) is 9.07. The van der Waals surface area contributed by atoms with Gasteiger partial charge < -0.3 is 9.72 Å². The van der Waals surface area contributed by atoms with Gasteiger partial charge in [0.2, 0.25) is 0 Å². The second-order valence-corrected chi connectivity index (χ2v) is 4.12. The number of aromatic amines is 1. The molecule has 1 N–H and O–H groups in total. The third-order valence-corrected chi connectivity index (χ3v) is 2.97. The number of benzene rings is 1. The quantitative estimate of drug-likeness (QED) is 0.820. The first kappa shape index (κ1) is 10.4. The Labute approximate surface area is 96.4 Å². The topological polar surface area (TPSA) is 55.0 Å². The van der Waals surface area contributed by atoms with E-state index in [0.717, 1.165) is 18.2 Å². The van der Waals surface area contributed by atoms with Crippen LogP contribution in [0.3, 0.4) is 0 Å². The number of nitrogens with one attached hydrogen (secondary N) is 1. The van der Waals surface area contributed by atoms with E-state index in [4.69, 9.17) is 4.74 Å². The Kier molecular flexibility index (Phi) is 2.40. The molecule has 0 spiro atoms. The highest BCUT2D eigenvalue weighted by Crippen LogP contribution is 2.30. The van der Waals surface area contributed by atoms with Crippen molar-refractivity contribution in [2.75, 3.05) is 6.61 Å². The zero-order valence-corrected chi connectivity index (χ0v) is 9.07. The molecule has 4 nitrogen and oxygen atoms in total. The van der Waals surface area contributed by atoms with E-state index in [9.17, 15) is 9.18 Å². The van der Waals surface area contributed by atoms with Gasteiger partial charge in [-0.2, -0.15) is 4.98 Å². The van der Waals surface area contributed by atoms with E-state index in [0.29, 0.717) is 17.8 Å². The molecule has 1 saturated heterocycles. The molecule has 17 heavy (non-hydrogen) atoms. The van der Waals surface area contributed by atoms with Crippen LogP contribution in [0, 0.1) is 5.82 Å². The van der Waals surface area contributed by atoms with Crippen molar-refractivity contribution in [2.45, 2.75) is 18.9 Å². The Morgan fingerprint density at radius 3 is 3.12 bits per heavy atom. The van der Waals surface area contributed by atoms with E-state index < -0.39 is 11.5 Å². The van der Waals surface area contributed by atoms with Crippen LogP contribution in [0.15, 0.2) is 23.0 Å². The van der Waals surface area contributed by atoms with Gasteiger partial charge in [-0.1, -0.05) is 0 Å². The van der Waals surface area contributed by atoms with Gasteiger partial charge in [0.1, 0.15) is 5.82 Å². The molecule has 0 bridgehead atoms. The average Bonchev–Trinajstić information content (AvgIpc) is 2.80. The van der Waals surface area contributed by atoms with Gasteiger partial charge in [0.25, 0.3) is 0 Å². The lowest BCUT2D eigenvalue weighted by atomic mass is 10.1. The predicted octanol–water partition coefficient (Wildman–Crippen LogP) is 1.91. The van der Waals surface area contributed by atoms with Gasteiger partial charge in [0.05, 0.1) is 17.3 Å². The highest BCUT2D eigenvalue weighted by molar-refractivity contribution is 5.80. The number of nitrogens with zero attached hydrogens (tertiary/aromatic N) is 1. The Morgan fingerprint density at radius 2 is 2.35 bits per heavy atom. The standard InChI is InChI=1S/C12H11FN2O2/c13-7-3-4-8-9(6-7)14-12(16)15-11(8)10-2-1-5-17-10/h3-4,6,10H,1-2,5H2,(H,14,15,16). The van der Waals surface area contributed by atoms with E-state index in [1.807, 2.05) is 0 Å². The first-order valence-electron chi connectivity index (χ1n) is 5.55. The van der Waals surface area contributed by atoms with E-state index in [1.165, 1.54) is 12.1 Å². The summed E-state index contributed by atoms with van der Waals surface area (Å²) < 4.78 is 18.6. The minimum Gasteiger partial charge on any atom is -0.372 e. The molecule has 88 valence electrons. The summed E-state index contributed by atoms with van der Waals surface area (Å²) in [6.07, 6.45) is 1.73. The van der Waals surface area contributed by atoms with Crippen LogP contribution in [0.2, 0.25) is 0 Å². The molecule has 1 aromatic heterocycles. The molecule has 5 heteroatoms. The Bertz CT molecular complexity index is 617.